The lowest BCUT2D eigenvalue weighted by Crippen LogP contribution is -1.96. The lowest BCUT2D eigenvalue weighted by atomic mass is 10.0. The zero-order valence-electron chi connectivity index (χ0n) is 12.3. The smallest absolute Gasteiger partial charge is 0.196 e. The standard InChI is InChI=1S/C17H15N3OS/c1-10-5-6-12(11(2)8-10)13-9-22-17-19-15(16(18)20(13)17)14-4-3-7-21-14/h3-9H,18H2,1-2H3. The van der Waals surface area contributed by atoms with E-state index in [1.807, 2.05) is 16.5 Å². The SMILES string of the molecule is Cc1ccc(-c2csc3nc(-c4ccco4)c(N)n23)c(C)c1. The zero-order chi connectivity index (χ0) is 15.3. The molecule has 0 radical (unpaired) electrons. The van der Waals surface area contributed by atoms with Crippen LogP contribution in [-0.4, -0.2) is 9.38 Å². The first-order valence-corrected chi connectivity index (χ1v) is 7.90. The van der Waals surface area contributed by atoms with Gasteiger partial charge in [0.1, 0.15) is 11.5 Å². The van der Waals surface area contributed by atoms with E-state index in [9.17, 15) is 0 Å². The van der Waals surface area contributed by atoms with Gasteiger partial charge in [-0.1, -0.05) is 23.8 Å². The molecule has 0 aliphatic heterocycles. The van der Waals surface area contributed by atoms with Crippen molar-refractivity contribution >= 4 is 22.1 Å². The van der Waals surface area contributed by atoms with Crippen molar-refractivity contribution in [3.05, 3.63) is 53.1 Å². The summed E-state index contributed by atoms with van der Waals surface area (Å²) in [5.41, 5.74) is 11.8. The van der Waals surface area contributed by atoms with Gasteiger partial charge in [-0.05, 0) is 31.5 Å². The van der Waals surface area contributed by atoms with Gasteiger partial charge in [0.2, 0.25) is 0 Å². The van der Waals surface area contributed by atoms with Gasteiger partial charge in [-0.3, -0.25) is 4.40 Å². The van der Waals surface area contributed by atoms with Crippen LogP contribution in [0.1, 0.15) is 11.1 Å². The maximum atomic E-state index is 6.34. The first-order chi connectivity index (χ1) is 10.6. The van der Waals surface area contributed by atoms with Crippen molar-refractivity contribution in [1.82, 2.24) is 9.38 Å². The fraction of sp³-hybridized carbons (Fsp3) is 0.118. The fourth-order valence-electron chi connectivity index (χ4n) is 2.76. The Kier molecular flexibility index (Phi) is 2.84. The summed E-state index contributed by atoms with van der Waals surface area (Å²) in [4.78, 5) is 5.48. The monoisotopic (exact) mass is 309 g/mol. The molecule has 5 heteroatoms. The Morgan fingerprint density at radius 1 is 1.23 bits per heavy atom. The summed E-state index contributed by atoms with van der Waals surface area (Å²) in [5.74, 6) is 1.31. The maximum absolute atomic E-state index is 6.34. The molecule has 3 heterocycles. The highest BCUT2D eigenvalue weighted by molar-refractivity contribution is 7.15. The van der Waals surface area contributed by atoms with Gasteiger partial charge in [0, 0.05) is 10.9 Å². The van der Waals surface area contributed by atoms with E-state index in [1.165, 1.54) is 16.7 Å². The molecule has 4 rings (SSSR count). The molecule has 0 aliphatic carbocycles. The summed E-state index contributed by atoms with van der Waals surface area (Å²) in [7, 11) is 0. The van der Waals surface area contributed by atoms with Gasteiger partial charge in [0.05, 0.1) is 12.0 Å². The number of fused-ring (bicyclic) bond motifs is 1. The highest BCUT2D eigenvalue weighted by atomic mass is 32.1. The average molecular weight is 309 g/mol. The molecule has 0 bridgehead atoms. The second kappa shape index (κ2) is 4.74. The van der Waals surface area contributed by atoms with Crippen LogP contribution in [0.25, 0.3) is 27.7 Å². The molecule has 0 unspecified atom stereocenters. The highest BCUT2D eigenvalue weighted by Gasteiger charge is 2.18. The summed E-state index contributed by atoms with van der Waals surface area (Å²) in [6.07, 6.45) is 1.63. The Balaban J connectivity index is 1.96. The van der Waals surface area contributed by atoms with E-state index in [4.69, 9.17) is 10.2 Å². The van der Waals surface area contributed by atoms with Crippen molar-refractivity contribution in [3.8, 4) is 22.7 Å². The van der Waals surface area contributed by atoms with Crippen LogP contribution in [0.15, 0.2) is 46.4 Å². The van der Waals surface area contributed by atoms with Crippen LogP contribution >= 0.6 is 11.3 Å². The predicted octanol–water partition coefficient (Wildman–Crippen LogP) is 4.52. The molecule has 2 N–H and O–H groups in total. The van der Waals surface area contributed by atoms with E-state index in [-0.39, 0.29) is 0 Å². The van der Waals surface area contributed by atoms with Crippen molar-refractivity contribution in [3.63, 3.8) is 0 Å². The van der Waals surface area contributed by atoms with Crippen LogP contribution in [0.4, 0.5) is 5.82 Å². The maximum Gasteiger partial charge on any atom is 0.196 e. The van der Waals surface area contributed by atoms with Gasteiger partial charge in [-0.25, -0.2) is 4.98 Å². The first-order valence-electron chi connectivity index (χ1n) is 7.02. The lowest BCUT2D eigenvalue weighted by Gasteiger charge is -2.07. The number of imidazole rings is 1. The predicted molar refractivity (Wildman–Crippen MR) is 90.1 cm³/mol. The molecule has 0 saturated carbocycles. The number of hydrogen-bond donors (Lipinski definition) is 1. The van der Waals surface area contributed by atoms with Crippen molar-refractivity contribution in [2.24, 2.45) is 0 Å². The number of thiazole rings is 1. The zero-order valence-corrected chi connectivity index (χ0v) is 13.1. The fourth-order valence-corrected chi connectivity index (χ4v) is 3.66. The minimum absolute atomic E-state index is 0.612. The number of benzene rings is 1. The number of furan rings is 1. The Bertz CT molecular complexity index is 964. The van der Waals surface area contributed by atoms with Gasteiger partial charge >= 0.3 is 0 Å². The van der Waals surface area contributed by atoms with Gasteiger partial charge in [0.15, 0.2) is 10.7 Å². The van der Waals surface area contributed by atoms with Gasteiger partial charge in [0.25, 0.3) is 0 Å². The molecule has 0 saturated heterocycles. The molecular formula is C17H15N3OS. The van der Waals surface area contributed by atoms with Gasteiger partial charge in [-0.15, -0.1) is 11.3 Å². The summed E-state index contributed by atoms with van der Waals surface area (Å²) >= 11 is 1.58. The van der Waals surface area contributed by atoms with Crippen LogP contribution in [0.2, 0.25) is 0 Å². The summed E-state index contributed by atoms with van der Waals surface area (Å²) < 4.78 is 7.43. The number of anilines is 1. The molecular weight excluding hydrogens is 294 g/mol. The van der Waals surface area contributed by atoms with E-state index in [0.717, 1.165) is 10.7 Å². The van der Waals surface area contributed by atoms with Crippen molar-refractivity contribution < 1.29 is 4.42 Å². The van der Waals surface area contributed by atoms with Crippen LogP contribution < -0.4 is 5.73 Å². The largest absolute Gasteiger partial charge is 0.463 e. The molecule has 1 aromatic carbocycles. The number of aromatic nitrogens is 2. The van der Waals surface area contributed by atoms with E-state index in [0.29, 0.717) is 17.3 Å². The third-order valence-corrected chi connectivity index (χ3v) is 4.64. The Labute approximate surface area is 131 Å². The van der Waals surface area contributed by atoms with E-state index in [1.54, 1.807) is 17.6 Å². The second-order valence-electron chi connectivity index (χ2n) is 5.38. The van der Waals surface area contributed by atoms with E-state index < -0.39 is 0 Å². The molecule has 0 fully saturated rings. The molecule has 22 heavy (non-hydrogen) atoms. The van der Waals surface area contributed by atoms with E-state index in [2.05, 4.69) is 42.4 Å². The van der Waals surface area contributed by atoms with Gasteiger partial charge in [-0.2, -0.15) is 0 Å². The normalized spacial score (nSPS) is 11.4. The van der Waals surface area contributed by atoms with Crippen molar-refractivity contribution in [1.29, 1.82) is 0 Å². The summed E-state index contributed by atoms with van der Waals surface area (Å²) in [6.45, 7) is 4.22. The van der Waals surface area contributed by atoms with Crippen LogP contribution in [0.5, 0.6) is 0 Å². The molecule has 4 nitrogen and oxygen atoms in total. The highest BCUT2D eigenvalue weighted by Crippen LogP contribution is 2.35. The number of aryl methyl sites for hydroxylation is 2. The molecule has 0 amide bonds. The average Bonchev–Trinajstić information content (AvgIpc) is 3.18. The molecule has 110 valence electrons. The molecule has 3 aromatic heterocycles. The third-order valence-electron chi connectivity index (χ3n) is 3.81. The van der Waals surface area contributed by atoms with Crippen molar-refractivity contribution in [2.75, 3.05) is 5.73 Å². The van der Waals surface area contributed by atoms with Crippen molar-refractivity contribution in [2.45, 2.75) is 13.8 Å². The van der Waals surface area contributed by atoms with Crippen LogP contribution in [0.3, 0.4) is 0 Å². The van der Waals surface area contributed by atoms with Gasteiger partial charge < -0.3 is 10.2 Å². The molecule has 0 atom stereocenters. The Morgan fingerprint density at radius 2 is 2.09 bits per heavy atom. The number of nitrogens with two attached hydrogens (primary N) is 1. The number of rotatable bonds is 2. The molecule has 4 aromatic rings. The summed E-state index contributed by atoms with van der Waals surface area (Å²) in [5, 5.41) is 2.10. The lowest BCUT2D eigenvalue weighted by molar-refractivity contribution is 0.581. The van der Waals surface area contributed by atoms with Crippen LogP contribution in [-0.2, 0) is 0 Å². The Hall–Kier alpha value is -2.53. The quantitative estimate of drug-likeness (QED) is 0.592. The molecule has 0 spiro atoms. The Morgan fingerprint density at radius 3 is 2.82 bits per heavy atom. The minimum atomic E-state index is 0.612. The first kappa shape index (κ1) is 13.2. The summed E-state index contributed by atoms with van der Waals surface area (Å²) in [6, 6.07) is 10.1. The number of nitrogens with zero attached hydrogens (tertiary/aromatic N) is 2. The molecule has 0 aliphatic rings. The minimum Gasteiger partial charge on any atom is -0.463 e. The number of hydrogen-bond acceptors (Lipinski definition) is 4. The third kappa shape index (κ3) is 1.86. The van der Waals surface area contributed by atoms with Crippen LogP contribution in [0, 0.1) is 13.8 Å². The second-order valence-corrected chi connectivity index (χ2v) is 6.22. The topological polar surface area (TPSA) is 56.5 Å². The van der Waals surface area contributed by atoms with E-state index >= 15 is 0 Å². The number of nitrogen functional groups attached to an aromatic ring is 1.